The average molecular weight is 227 g/mol. The van der Waals surface area contributed by atoms with E-state index in [-0.39, 0.29) is 12.4 Å². The third-order valence-corrected chi connectivity index (χ3v) is 2.15. The van der Waals surface area contributed by atoms with Crippen molar-refractivity contribution in [2.45, 2.75) is 39.0 Å². The van der Waals surface area contributed by atoms with E-state index in [0.717, 1.165) is 6.42 Å². The van der Waals surface area contributed by atoms with Crippen molar-refractivity contribution in [3.63, 3.8) is 0 Å². The van der Waals surface area contributed by atoms with E-state index in [4.69, 9.17) is 15.1 Å². The number of nitriles is 1. The van der Waals surface area contributed by atoms with Gasteiger partial charge in [0.15, 0.2) is 0 Å². The lowest BCUT2D eigenvalue weighted by atomic mass is 10.1. The van der Waals surface area contributed by atoms with Crippen molar-refractivity contribution in [1.82, 2.24) is 0 Å². The number of carboxylic acids is 1. The molecule has 0 aromatic heterocycles. The van der Waals surface area contributed by atoms with E-state index in [1.54, 1.807) is 6.92 Å². The Morgan fingerprint density at radius 3 is 2.69 bits per heavy atom. The summed E-state index contributed by atoms with van der Waals surface area (Å²) in [5.74, 6) is -1.79. The second-order valence-electron chi connectivity index (χ2n) is 3.61. The van der Waals surface area contributed by atoms with Crippen LogP contribution in [-0.2, 0) is 14.3 Å². The maximum absolute atomic E-state index is 11.1. The van der Waals surface area contributed by atoms with Gasteiger partial charge >= 0.3 is 11.9 Å². The lowest BCUT2D eigenvalue weighted by molar-refractivity contribution is -0.145. The van der Waals surface area contributed by atoms with Crippen LogP contribution in [0.2, 0.25) is 0 Å². The highest BCUT2D eigenvalue weighted by Gasteiger charge is 2.13. The number of hydrogen-bond acceptors (Lipinski definition) is 4. The van der Waals surface area contributed by atoms with Gasteiger partial charge in [0, 0.05) is 12.8 Å². The van der Waals surface area contributed by atoms with Crippen molar-refractivity contribution >= 4 is 11.9 Å². The number of hydrogen-bond donors (Lipinski definition) is 1. The summed E-state index contributed by atoms with van der Waals surface area (Å²) in [5, 5.41) is 16.8. The van der Waals surface area contributed by atoms with Crippen LogP contribution in [0.15, 0.2) is 0 Å². The summed E-state index contributed by atoms with van der Waals surface area (Å²) in [6.07, 6.45) is 2.29. The highest BCUT2D eigenvalue weighted by atomic mass is 16.5. The van der Waals surface area contributed by atoms with Crippen LogP contribution in [-0.4, -0.2) is 23.7 Å². The molecule has 0 fully saturated rings. The van der Waals surface area contributed by atoms with Gasteiger partial charge in [-0.05, 0) is 19.3 Å². The van der Waals surface area contributed by atoms with Crippen LogP contribution >= 0.6 is 0 Å². The monoisotopic (exact) mass is 227 g/mol. The van der Waals surface area contributed by atoms with Gasteiger partial charge in [0.05, 0.1) is 18.6 Å². The van der Waals surface area contributed by atoms with Crippen molar-refractivity contribution in [2.24, 2.45) is 5.92 Å². The number of carbonyl (C=O) groups is 2. The Bertz CT molecular complexity index is 270. The number of carbonyl (C=O) groups excluding carboxylic acids is 1. The van der Waals surface area contributed by atoms with Crippen LogP contribution in [0.25, 0.3) is 0 Å². The zero-order chi connectivity index (χ0) is 12.4. The van der Waals surface area contributed by atoms with Crippen molar-refractivity contribution < 1.29 is 19.4 Å². The second kappa shape index (κ2) is 8.72. The van der Waals surface area contributed by atoms with Gasteiger partial charge in [-0.2, -0.15) is 5.26 Å². The van der Waals surface area contributed by atoms with E-state index >= 15 is 0 Å². The van der Waals surface area contributed by atoms with E-state index < -0.39 is 11.9 Å². The van der Waals surface area contributed by atoms with Gasteiger partial charge in [0.25, 0.3) is 0 Å². The van der Waals surface area contributed by atoms with Crippen molar-refractivity contribution in [1.29, 1.82) is 5.26 Å². The quantitative estimate of drug-likeness (QED) is 0.504. The maximum atomic E-state index is 11.1. The van der Waals surface area contributed by atoms with Gasteiger partial charge in [0.2, 0.25) is 0 Å². The first-order valence-corrected chi connectivity index (χ1v) is 5.33. The third kappa shape index (κ3) is 7.80. The fourth-order valence-corrected chi connectivity index (χ4v) is 1.02. The van der Waals surface area contributed by atoms with E-state index in [2.05, 4.69) is 0 Å². The highest BCUT2D eigenvalue weighted by molar-refractivity contribution is 5.72. The minimum absolute atomic E-state index is 0.131. The summed E-state index contributed by atoms with van der Waals surface area (Å²) in [7, 11) is 0. The first-order chi connectivity index (χ1) is 7.57. The molecule has 1 atom stereocenters. The van der Waals surface area contributed by atoms with Gasteiger partial charge in [-0.1, -0.05) is 6.92 Å². The van der Waals surface area contributed by atoms with Crippen LogP contribution < -0.4 is 0 Å². The lowest BCUT2D eigenvalue weighted by Crippen LogP contribution is -2.13. The molecule has 0 rings (SSSR count). The molecule has 16 heavy (non-hydrogen) atoms. The number of unbranched alkanes of at least 4 members (excludes halogenated alkanes) is 2. The Labute approximate surface area is 95.0 Å². The normalized spacial score (nSPS) is 11.5. The van der Waals surface area contributed by atoms with E-state index in [1.165, 1.54) is 0 Å². The number of ether oxygens (including phenoxy) is 1. The fourth-order valence-electron chi connectivity index (χ4n) is 1.02. The summed E-state index contributed by atoms with van der Waals surface area (Å²) in [4.78, 5) is 21.6. The predicted octanol–water partition coefficient (Wildman–Crippen LogP) is 1.72. The molecular weight excluding hydrogens is 210 g/mol. The average Bonchev–Trinajstić information content (AvgIpc) is 2.25. The van der Waals surface area contributed by atoms with Gasteiger partial charge in [-0.3, -0.25) is 9.59 Å². The van der Waals surface area contributed by atoms with Crippen LogP contribution in [0.3, 0.4) is 0 Å². The molecule has 0 heterocycles. The molecule has 0 aromatic rings. The van der Waals surface area contributed by atoms with Crippen LogP contribution in [0.1, 0.15) is 39.0 Å². The Morgan fingerprint density at radius 2 is 2.12 bits per heavy atom. The number of nitrogens with zero attached hydrogens (tertiary/aromatic N) is 1. The van der Waals surface area contributed by atoms with Gasteiger partial charge in [0.1, 0.15) is 0 Å². The number of rotatable bonds is 8. The molecule has 0 aromatic carbocycles. The summed E-state index contributed by atoms with van der Waals surface area (Å²) < 4.78 is 4.88. The van der Waals surface area contributed by atoms with Gasteiger partial charge in [-0.15, -0.1) is 0 Å². The van der Waals surface area contributed by atoms with Crippen molar-refractivity contribution in [2.75, 3.05) is 6.61 Å². The number of carboxylic acid groups (broad SMARTS) is 1. The summed E-state index contributed by atoms with van der Waals surface area (Å²) in [6.45, 7) is 1.87. The molecule has 1 N–H and O–H groups in total. The second-order valence-corrected chi connectivity index (χ2v) is 3.61. The topological polar surface area (TPSA) is 87.4 Å². The molecule has 0 bridgehead atoms. The highest BCUT2D eigenvalue weighted by Crippen LogP contribution is 2.06. The molecule has 5 nitrogen and oxygen atoms in total. The summed E-state index contributed by atoms with van der Waals surface area (Å²) >= 11 is 0. The number of aliphatic carboxylic acids is 1. The first-order valence-electron chi connectivity index (χ1n) is 5.33. The third-order valence-electron chi connectivity index (χ3n) is 2.15. The molecule has 5 heteroatoms. The smallest absolute Gasteiger partial charge is 0.306 e. The standard InChI is InChI=1S/C11H17NO4/c1-9(11(14)15)5-6-10(13)16-8-4-2-3-7-12/h9H,2-6,8H2,1H3,(H,14,15). The van der Waals surface area contributed by atoms with E-state index in [9.17, 15) is 9.59 Å². The molecule has 0 aliphatic carbocycles. The molecule has 0 spiro atoms. The minimum Gasteiger partial charge on any atom is -0.481 e. The zero-order valence-electron chi connectivity index (χ0n) is 9.44. The van der Waals surface area contributed by atoms with Crippen LogP contribution in [0, 0.1) is 17.2 Å². The van der Waals surface area contributed by atoms with Gasteiger partial charge < -0.3 is 9.84 Å². The Balaban J connectivity index is 3.45. The molecule has 0 aliphatic rings. The summed E-state index contributed by atoms with van der Waals surface area (Å²) in [5.41, 5.74) is 0. The molecule has 90 valence electrons. The van der Waals surface area contributed by atoms with Crippen molar-refractivity contribution in [3.8, 4) is 6.07 Å². The molecule has 0 aliphatic heterocycles. The molecule has 0 saturated heterocycles. The SMILES string of the molecule is CC(CCC(=O)OCCCCC#N)C(=O)O. The Morgan fingerprint density at radius 1 is 1.44 bits per heavy atom. The van der Waals surface area contributed by atoms with Crippen LogP contribution in [0.4, 0.5) is 0 Å². The lowest BCUT2D eigenvalue weighted by Gasteiger charge is -2.06. The van der Waals surface area contributed by atoms with Crippen LogP contribution in [0.5, 0.6) is 0 Å². The molecule has 0 saturated carbocycles. The number of esters is 1. The minimum atomic E-state index is -0.901. The molecule has 0 amide bonds. The zero-order valence-corrected chi connectivity index (χ0v) is 9.44. The van der Waals surface area contributed by atoms with Gasteiger partial charge in [-0.25, -0.2) is 0 Å². The summed E-state index contributed by atoms with van der Waals surface area (Å²) in [6, 6.07) is 2.00. The molecule has 0 radical (unpaired) electrons. The molecular formula is C11H17NO4. The Hall–Kier alpha value is -1.57. The van der Waals surface area contributed by atoms with E-state index in [0.29, 0.717) is 25.9 Å². The fraction of sp³-hybridized carbons (Fsp3) is 0.727. The van der Waals surface area contributed by atoms with E-state index in [1.807, 2.05) is 6.07 Å². The maximum Gasteiger partial charge on any atom is 0.306 e. The van der Waals surface area contributed by atoms with Crippen molar-refractivity contribution in [3.05, 3.63) is 0 Å². The largest absolute Gasteiger partial charge is 0.481 e. The Kier molecular flexibility index (Phi) is 7.86. The molecule has 1 unspecified atom stereocenters. The first kappa shape index (κ1) is 14.4. The predicted molar refractivity (Wildman–Crippen MR) is 56.5 cm³/mol.